The van der Waals surface area contributed by atoms with E-state index < -0.39 is 5.97 Å². The van der Waals surface area contributed by atoms with Crippen LogP contribution in [-0.2, 0) is 4.74 Å². The molecule has 0 unspecified atom stereocenters. The van der Waals surface area contributed by atoms with Crippen molar-refractivity contribution in [2.24, 2.45) is 4.99 Å². The van der Waals surface area contributed by atoms with Crippen molar-refractivity contribution in [3.05, 3.63) is 33.3 Å². The number of rotatable bonds is 0. The molecular weight excluding hydrogens is 261 g/mol. The Morgan fingerprint density at radius 1 is 1.24 bits per heavy atom. The van der Waals surface area contributed by atoms with Gasteiger partial charge in [0.1, 0.15) is 0 Å². The van der Waals surface area contributed by atoms with E-state index in [0.717, 1.165) is 0 Å². The first-order chi connectivity index (χ1) is 7.78. The van der Waals surface area contributed by atoms with E-state index in [4.69, 9.17) is 27.9 Å². The molecule has 1 heterocycles. The summed E-state index contributed by atoms with van der Waals surface area (Å²) in [7, 11) is 0. The molecule has 0 bridgehead atoms. The Balaban J connectivity index is 2.62. The van der Waals surface area contributed by atoms with Crippen molar-refractivity contribution in [3.8, 4) is 0 Å². The third-order valence-electron chi connectivity index (χ3n) is 2.12. The fourth-order valence-electron chi connectivity index (χ4n) is 1.53. The maximum Gasteiger partial charge on any atom is 0.347 e. The van der Waals surface area contributed by atoms with Crippen LogP contribution in [0.4, 0.5) is 0 Å². The molecule has 0 N–H and O–H groups in total. The first-order valence-corrected chi connectivity index (χ1v) is 5.85. The summed E-state index contributed by atoms with van der Waals surface area (Å²) in [5.41, 5.74) is 0.549. The summed E-state index contributed by atoms with van der Waals surface area (Å²) in [4.78, 5) is 16.0. The van der Waals surface area contributed by atoms with Gasteiger partial charge in [0.05, 0.1) is 21.7 Å². The van der Waals surface area contributed by atoms with Crippen LogP contribution in [0.25, 0.3) is 0 Å². The van der Waals surface area contributed by atoms with Crippen molar-refractivity contribution in [2.75, 3.05) is 0 Å². The van der Waals surface area contributed by atoms with Gasteiger partial charge in [-0.15, -0.1) is 0 Å². The number of benzene rings is 1. The molecule has 5 heteroatoms. The molecule has 2 rings (SSSR count). The van der Waals surface area contributed by atoms with Gasteiger partial charge in [-0.1, -0.05) is 23.2 Å². The second-order valence-corrected chi connectivity index (χ2v) is 5.63. The van der Waals surface area contributed by atoms with Crippen molar-refractivity contribution < 1.29 is 9.53 Å². The van der Waals surface area contributed by atoms with E-state index in [-0.39, 0.29) is 16.5 Å². The highest BCUT2D eigenvalue weighted by molar-refractivity contribution is 6.39. The van der Waals surface area contributed by atoms with E-state index in [0.29, 0.717) is 16.1 Å². The Morgan fingerprint density at radius 3 is 2.47 bits per heavy atom. The minimum Gasteiger partial charge on any atom is -0.403 e. The molecule has 1 aromatic rings. The molecule has 1 aliphatic heterocycles. The lowest BCUT2D eigenvalue weighted by atomic mass is 10.1. The lowest BCUT2D eigenvalue weighted by Crippen LogP contribution is -2.14. The highest BCUT2D eigenvalue weighted by atomic mass is 35.5. The van der Waals surface area contributed by atoms with Gasteiger partial charge in [-0.2, -0.15) is 0 Å². The van der Waals surface area contributed by atoms with E-state index in [1.807, 2.05) is 20.8 Å². The molecule has 0 spiro atoms. The van der Waals surface area contributed by atoms with Crippen LogP contribution in [0.1, 0.15) is 36.7 Å². The van der Waals surface area contributed by atoms with Gasteiger partial charge in [0, 0.05) is 5.02 Å². The monoisotopic (exact) mass is 271 g/mol. The molecule has 17 heavy (non-hydrogen) atoms. The summed E-state index contributed by atoms with van der Waals surface area (Å²) >= 11 is 11.9. The summed E-state index contributed by atoms with van der Waals surface area (Å²) in [6.45, 7) is 5.74. The zero-order valence-corrected chi connectivity index (χ0v) is 11.2. The quantitative estimate of drug-likeness (QED) is 0.675. The van der Waals surface area contributed by atoms with Crippen LogP contribution < -0.4 is 0 Å². The highest BCUT2D eigenvalue weighted by Gasteiger charge is 2.32. The fraction of sp³-hybridized carbons (Fsp3) is 0.333. The average molecular weight is 272 g/mol. The molecule has 0 fully saturated rings. The minimum atomic E-state index is -0.482. The molecule has 3 nitrogen and oxygen atoms in total. The van der Waals surface area contributed by atoms with Gasteiger partial charge in [0.15, 0.2) is 0 Å². The van der Waals surface area contributed by atoms with Gasteiger partial charge >= 0.3 is 5.97 Å². The number of nitrogens with zero attached hydrogens (tertiary/aromatic N) is 1. The summed E-state index contributed by atoms with van der Waals surface area (Å²) in [6, 6.07) is 3.15. The van der Waals surface area contributed by atoms with Gasteiger partial charge in [-0.25, -0.2) is 9.79 Å². The van der Waals surface area contributed by atoms with Crippen molar-refractivity contribution in [2.45, 2.75) is 26.3 Å². The molecule has 0 aromatic heterocycles. The first kappa shape index (κ1) is 12.4. The SMILES string of the molecule is CC(C)(C)N=C1OC(=O)c2c(Cl)cc(Cl)cc21. The number of carbonyl (C=O) groups is 1. The van der Waals surface area contributed by atoms with Crippen molar-refractivity contribution >= 4 is 35.1 Å². The number of hydrogen-bond acceptors (Lipinski definition) is 3. The molecule has 0 radical (unpaired) electrons. The number of cyclic esters (lactones) is 1. The summed E-state index contributed by atoms with van der Waals surface area (Å²) in [5, 5.41) is 0.741. The predicted molar refractivity (Wildman–Crippen MR) is 68.2 cm³/mol. The first-order valence-electron chi connectivity index (χ1n) is 5.09. The molecular formula is C12H11Cl2NO2. The van der Waals surface area contributed by atoms with Gasteiger partial charge < -0.3 is 4.74 Å². The standard InChI is InChI=1S/C12H11Cl2NO2/c1-12(2,3)15-10-7-4-6(13)5-8(14)9(7)11(16)17-10/h4-5H,1-3H3. The van der Waals surface area contributed by atoms with Gasteiger partial charge in [0.2, 0.25) is 5.90 Å². The molecule has 0 aliphatic carbocycles. The van der Waals surface area contributed by atoms with Crippen LogP contribution in [0.15, 0.2) is 17.1 Å². The number of fused-ring (bicyclic) bond motifs is 1. The second-order valence-electron chi connectivity index (χ2n) is 4.79. The number of hydrogen-bond donors (Lipinski definition) is 0. The zero-order chi connectivity index (χ0) is 12.8. The third kappa shape index (κ3) is 2.45. The predicted octanol–water partition coefficient (Wildman–Crippen LogP) is 3.71. The number of halogens is 2. The van der Waals surface area contributed by atoms with Crippen molar-refractivity contribution in [3.63, 3.8) is 0 Å². The number of carbonyl (C=O) groups excluding carboxylic acids is 1. The molecule has 1 aromatic carbocycles. The van der Waals surface area contributed by atoms with E-state index >= 15 is 0 Å². The van der Waals surface area contributed by atoms with Crippen molar-refractivity contribution in [1.29, 1.82) is 0 Å². The molecule has 1 aliphatic rings. The van der Waals surface area contributed by atoms with Crippen LogP contribution >= 0.6 is 23.2 Å². The lowest BCUT2D eigenvalue weighted by molar-refractivity contribution is 0.0736. The normalized spacial score (nSPS) is 17.2. The minimum absolute atomic E-state index is 0.280. The maximum absolute atomic E-state index is 11.7. The lowest BCUT2D eigenvalue weighted by Gasteiger charge is -2.12. The molecule has 90 valence electrons. The Hall–Kier alpha value is -1.06. The highest BCUT2D eigenvalue weighted by Crippen LogP contribution is 2.32. The zero-order valence-electron chi connectivity index (χ0n) is 9.67. The second kappa shape index (κ2) is 4.00. The van der Waals surface area contributed by atoms with E-state index in [1.54, 1.807) is 6.07 Å². The largest absolute Gasteiger partial charge is 0.403 e. The Labute approximate surface area is 109 Å². The smallest absolute Gasteiger partial charge is 0.347 e. The topological polar surface area (TPSA) is 38.7 Å². The van der Waals surface area contributed by atoms with Crippen molar-refractivity contribution in [1.82, 2.24) is 0 Å². The number of ether oxygens (including phenoxy) is 1. The third-order valence-corrected chi connectivity index (χ3v) is 2.63. The van der Waals surface area contributed by atoms with Crippen LogP contribution in [0.2, 0.25) is 10.0 Å². The molecule has 0 saturated heterocycles. The van der Waals surface area contributed by atoms with Gasteiger partial charge in [-0.3, -0.25) is 0 Å². The van der Waals surface area contributed by atoms with E-state index in [1.165, 1.54) is 6.07 Å². The summed E-state index contributed by atoms with van der Waals surface area (Å²) in [5.74, 6) is -0.202. The number of aliphatic imine (C=N–C) groups is 1. The Morgan fingerprint density at radius 2 is 1.88 bits per heavy atom. The molecule has 0 atom stereocenters. The maximum atomic E-state index is 11.7. The van der Waals surface area contributed by atoms with Crippen LogP contribution in [0.3, 0.4) is 0 Å². The summed E-state index contributed by atoms with van der Waals surface area (Å²) in [6.07, 6.45) is 0. The van der Waals surface area contributed by atoms with Gasteiger partial charge in [-0.05, 0) is 32.9 Å². The fourth-order valence-corrected chi connectivity index (χ4v) is 2.10. The molecule has 0 saturated carbocycles. The van der Waals surface area contributed by atoms with Gasteiger partial charge in [0.25, 0.3) is 0 Å². The average Bonchev–Trinajstić information content (AvgIpc) is 2.39. The number of esters is 1. The van der Waals surface area contributed by atoms with Crippen LogP contribution in [-0.4, -0.2) is 17.4 Å². The van der Waals surface area contributed by atoms with Crippen LogP contribution in [0, 0.1) is 0 Å². The molecule has 0 amide bonds. The summed E-state index contributed by atoms with van der Waals surface area (Å²) < 4.78 is 5.11. The van der Waals surface area contributed by atoms with Crippen LogP contribution in [0.5, 0.6) is 0 Å². The Bertz CT molecular complexity index is 530. The Kier molecular flexibility index (Phi) is 2.92. The van der Waals surface area contributed by atoms with E-state index in [9.17, 15) is 4.79 Å². The van der Waals surface area contributed by atoms with E-state index in [2.05, 4.69) is 4.99 Å².